The number of phenolic OH excluding ortho intramolecular Hbond substituents is 1. The van der Waals surface area contributed by atoms with E-state index in [1.807, 2.05) is 0 Å². The van der Waals surface area contributed by atoms with E-state index in [0.29, 0.717) is 18.0 Å². The molecule has 1 unspecified atom stereocenters. The van der Waals surface area contributed by atoms with Crippen molar-refractivity contribution in [3.63, 3.8) is 0 Å². The lowest BCUT2D eigenvalue weighted by molar-refractivity contribution is 0.0943. The normalized spacial score (nSPS) is 12.2. The van der Waals surface area contributed by atoms with Gasteiger partial charge in [0.05, 0.1) is 11.7 Å². The largest absolute Gasteiger partial charge is 0.507 e. The Morgan fingerprint density at radius 3 is 2.88 bits per heavy atom. The summed E-state index contributed by atoms with van der Waals surface area (Å²) in [4.78, 5) is 11.6. The molecule has 0 saturated carbocycles. The fourth-order valence-electron chi connectivity index (χ4n) is 1.18. The lowest BCUT2D eigenvalue weighted by atomic mass is 10.2. The van der Waals surface area contributed by atoms with Crippen LogP contribution in [0.5, 0.6) is 5.75 Å². The second kappa shape index (κ2) is 5.72. The third-order valence-electron chi connectivity index (χ3n) is 2.05. The van der Waals surface area contributed by atoms with Gasteiger partial charge in [0.1, 0.15) is 5.75 Å². The van der Waals surface area contributed by atoms with E-state index in [1.165, 1.54) is 18.2 Å². The predicted octanol–water partition coefficient (Wildman–Crippen LogP) is 1.55. The number of amides is 1. The van der Waals surface area contributed by atoms with Crippen LogP contribution in [0.3, 0.4) is 0 Å². The van der Waals surface area contributed by atoms with E-state index in [1.54, 1.807) is 6.92 Å². The van der Waals surface area contributed by atoms with Crippen LogP contribution >= 0.6 is 11.6 Å². The van der Waals surface area contributed by atoms with E-state index in [4.69, 9.17) is 16.7 Å². The number of carbonyl (C=O) groups excluding carboxylic acids is 1. The topological polar surface area (TPSA) is 69.6 Å². The summed E-state index contributed by atoms with van der Waals surface area (Å²) in [6.07, 6.45) is 0.000769. The molecule has 88 valence electrons. The van der Waals surface area contributed by atoms with Crippen molar-refractivity contribution in [1.82, 2.24) is 5.32 Å². The van der Waals surface area contributed by atoms with Gasteiger partial charge in [0, 0.05) is 11.6 Å². The van der Waals surface area contributed by atoms with Gasteiger partial charge >= 0.3 is 0 Å². The van der Waals surface area contributed by atoms with Crippen molar-refractivity contribution in [1.29, 1.82) is 0 Å². The smallest absolute Gasteiger partial charge is 0.255 e. The molecule has 1 amide bonds. The number of carbonyl (C=O) groups is 1. The van der Waals surface area contributed by atoms with E-state index >= 15 is 0 Å². The number of aliphatic hydroxyl groups is 1. The quantitative estimate of drug-likeness (QED) is 0.752. The van der Waals surface area contributed by atoms with Crippen molar-refractivity contribution in [2.24, 2.45) is 0 Å². The van der Waals surface area contributed by atoms with Gasteiger partial charge in [0.15, 0.2) is 0 Å². The summed E-state index contributed by atoms with van der Waals surface area (Å²) in [6.45, 7) is 1.99. The zero-order chi connectivity index (χ0) is 12.1. The van der Waals surface area contributed by atoms with Crippen LogP contribution < -0.4 is 5.32 Å². The molecule has 1 aromatic rings. The molecule has 1 aromatic carbocycles. The van der Waals surface area contributed by atoms with Crippen LogP contribution in [-0.4, -0.2) is 28.8 Å². The summed E-state index contributed by atoms with van der Waals surface area (Å²) < 4.78 is 0. The Labute approximate surface area is 98.9 Å². The van der Waals surface area contributed by atoms with Gasteiger partial charge in [-0.05, 0) is 31.5 Å². The Kier molecular flexibility index (Phi) is 4.58. The second-order valence-corrected chi connectivity index (χ2v) is 3.99. The maximum absolute atomic E-state index is 11.6. The number of aliphatic hydroxyl groups excluding tert-OH is 1. The summed E-state index contributed by atoms with van der Waals surface area (Å²) in [5, 5.41) is 21.4. The van der Waals surface area contributed by atoms with Crippen molar-refractivity contribution in [3.8, 4) is 5.75 Å². The van der Waals surface area contributed by atoms with Crippen molar-refractivity contribution < 1.29 is 15.0 Å². The fraction of sp³-hybridized carbons (Fsp3) is 0.364. The number of benzene rings is 1. The first kappa shape index (κ1) is 12.8. The van der Waals surface area contributed by atoms with Gasteiger partial charge in [-0.1, -0.05) is 11.6 Å². The molecule has 1 atom stereocenters. The number of aromatic hydroxyl groups is 1. The van der Waals surface area contributed by atoms with Crippen LogP contribution in [0.1, 0.15) is 23.7 Å². The van der Waals surface area contributed by atoms with Crippen molar-refractivity contribution >= 4 is 17.5 Å². The number of hydrogen-bond acceptors (Lipinski definition) is 3. The molecule has 0 spiro atoms. The number of nitrogens with one attached hydrogen (secondary N) is 1. The SMILES string of the molecule is CC(O)CCNC(=O)c1cc(Cl)ccc1O. The lowest BCUT2D eigenvalue weighted by Gasteiger charge is -2.08. The number of hydrogen-bond donors (Lipinski definition) is 3. The molecule has 3 N–H and O–H groups in total. The van der Waals surface area contributed by atoms with Crippen molar-refractivity contribution in [3.05, 3.63) is 28.8 Å². The van der Waals surface area contributed by atoms with Crippen molar-refractivity contribution in [2.75, 3.05) is 6.54 Å². The minimum absolute atomic E-state index is 0.112. The molecule has 0 aromatic heterocycles. The van der Waals surface area contributed by atoms with E-state index in [-0.39, 0.29) is 11.3 Å². The highest BCUT2D eigenvalue weighted by Crippen LogP contribution is 2.21. The van der Waals surface area contributed by atoms with Gasteiger partial charge in [-0.25, -0.2) is 0 Å². The molecule has 0 heterocycles. The average Bonchev–Trinajstić information content (AvgIpc) is 2.21. The van der Waals surface area contributed by atoms with Crippen LogP contribution in [0.2, 0.25) is 5.02 Å². The molecule has 0 saturated heterocycles. The lowest BCUT2D eigenvalue weighted by Crippen LogP contribution is -2.26. The second-order valence-electron chi connectivity index (χ2n) is 3.56. The van der Waals surface area contributed by atoms with Crippen LogP contribution in [0.4, 0.5) is 0 Å². The Bertz CT molecular complexity index is 379. The van der Waals surface area contributed by atoms with Crippen LogP contribution in [0.25, 0.3) is 0 Å². The van der Waals surface area contributed by atoms with E-state index in [0.717, 1.165) is 0 Å². The molecule has 1 rings (SSSR count). The molecule has 0 aliphatic rings. The minimum Gasteiger partial charge on any atom is -0.507 e. The van der Waals surface area contributed by atoms with Gasteiger partial charge < -0.3 is 15.5 Å². The van der Waals surface area contributed by atoms with Gasteiger partial charge in [0.2, 0.25) is 0 Å². The monoisotopic (exact) mass is 243 g/mol. The molecule has 16 heavy (non-hydrogen) atoms. The fourth-order valence-corrected chi connectivity index (χ4v) is 1.35. The van der Waals surface area contributed by atoms with Gasteiger partial charge in [-0.15, -0.1) is 0 Å². The minimum atomic E-state index is -0.465. The molecule has 0 aliphatic carbocycles. The zero-order valence-corrected chi connectivity index (χ0v) is 9.66. The Hall–Kier alpha value is -1.26. The highest BCUT2D eigenvalue weighted by Gasteiger charge is 2.11. The zero-order valence-electron chi connectivity index (χ0n) is 8.90. The Balaban J connectivity index is 2.62. The molecule has 0 radical (unpaired) electrons. The standard InChI is InChI=1S/C11H14ClNO3/c1-7(14)4-5-13-11(16)9-6-8(12)2-3-10(9)15/h2-3,6-7,14-15H,4-5H2,1H3,(H,13,16). The third kappa shape index (κ3) is 3.72. The average molecular weight is 244 g/mol. The molecule has 0 fully saturated rings. The summed E-state index contributed by atoms with van der Waals surface area (Å²) in [6, 6.07) is 4.27. The molecule has 4 nitrogen and oxygen atoms in total. The van der Waals surface area contributed by atoms with Gasteiger partial charge in [0.25, 0.3) is 5.91 Å². The summed E-state index contributed by atoms with van der Waals surface area (Å²) in [5.41, 5.74) is 0.137. The van der Waals surface area contributed by atoms with Crippen LogP contribution in [-0.2, 0) is 0 Å². The third-order valence-corrected chi connectivity index (χ3v) is 2.29. The van der Waals surface area contributed by atoms with Gasteiger partial charge in [-0.2, -0.15) is 0 Å². The Morgan fingerprint density at radius 1 is 1.56 bits per heavy atom. The van der Waals surface area contributed by atoms with E-state index in [9.17, 15) is 9.90 Å². The maximum atomic E-state index is 11.6. The summed E-state index contributed by atoms with van der Waals surface area (Å²) in [7, 11) is 0. The first-order valence-electron chi connectivity index (χ1n) is 4.95. The number of phenols is 1. The summed E-state index contributed by atoms with van der Waals surface area (Å²) in [5.74, 6) is -0.514. The highest BCUT2D eigenvalue weighted by atomic mass is 35.5. The molecule has 0 aliphatic heterocycles. The molecule has 5 heteroatoms. The predicted molar refractivity (Wildman–Crippen MR) is 61.7 cm³/mol. The van der Waals surface area contributed by atoms with Crippen LogP contribution in [0, 0.1) is 0 Å². The number of halogens is 1. The number of rotatable bonds is 4. The van der Waals surface area contributed by atoms with Crippen LogP contribution in [0.15, 0.2) is 18.2 Å². The summed E-state index contributed by atoms with van der Waals surface area (Å²) >= 11 is 5.71. The van der Waals surface area contributed by atoms with Crippen molar-refractivity contribution in [2.45, 2.75) is 19.4 Å². The highest BCUT2D eigenvalue weighted by molar-refractivity contribution is 6.31. The molecular formula is C11H14ClNO3. The first-order chi connectivity index (χ1) is 7.50. The molecule has 0 bridgehead atoms. The Morgan fingerprint density at radius 2 is 2.25 bits per heavy atom. The maximum Gasteiger partial charge on any atom is 0.255 e. The first-order valence-corrected chi connectivity index (χ1v) is 5.33. The van der Waals surface area contributed by atoms with E-state index < -0.39 is 12.0 Å². The molecular weight excluding hydrogens is 230 g/mol. The van der Waals surface area contributed by atoms with Gasteiger partial charge in [-0.3, -0.25) is 4.79 Å². The van der Waals surface area contributed by atoms with E-state index in [2.05, 4.69) is 5.32 Å².